The lowest BCUT2D eigenvalue weighted by molar-refractivity contribution is -0.129. The minimum atomic E-state index is -4.17. The lowest BCUT2D eigenvalue weighted by Crippen LogP contribution is -2.40. The molecule has 2 amide bonds. The molecule has 0 aromatic heterocycles. The third kappa shape index (κ3) is 4.83. The summed E-state index contributed by atoms with van der Waals surface area (Å²) in [4.78, 5) is 25.5. The first-order valence-electron chi connectivity index (χ1n) is 10.3. The molecule has 0 radical (unpaired) electrons. The summed E-state index contributed by atoms with van der Waals surface area (Å²) >= 11 is 0. The Morgan fingerprint density at radius 3 is 2.21 bits per heavy atom. The highest BCUT2D eigenvalue weighted by Gasteiger charge is 2.30. The van der Waals surface area contributed by atoms with E-state index in [1.807, 2.05) is 18.2 Å². The Morgan fingerprint density at radius 1 is 0.848 bits per heavy atom. The van der Waals surface area contributed by atoms with Crippen LogP contribution in [0.15, 0.2) is 77.7 Å². The quantitative estimate of drug-likeness (QED) is 0.520. The van der Waals surface area contributed by atoms with Crippen LogP contribution in [0.25, 0.3) is 0 Å². The van der Waals surface area contributed by atoms with E-state index in [9.17, 15) is 18.0 Å². The number of amides is 2. The monoisotopic (exact) mass is 466 g/mol. The highest BCUT2D eigenvalue weighted by molar-refractivity contribution is 7.92. The van der Waals surface area contributed by atoms with Crippen LogP contribution in [0.4, 0.5) is 11.4 Å². The Kier molecular flexibility index (Phi) is 6.32. The van der Waals surface area contributed by atoms with E-state index in [0.717, 1.165) is 4.90 Å². The Bertz CT molecular complexity index is 1280. The van der Waals surface area contributed by atoms with Crippen LogP contribution in [0.3, 0.4) is 0 Å². The van der Waals surface area contributed by atoms with Gasteiger partial charge in [-0.1, -0.05) is 30.3 Å². The second-order valence-corrected chi connectivity index (χ2v) is 8.98. The van der Waals surface area contributed by atoms with Gasteiger partial charge in [0.15, 0.2) is 5.75 Å². The van der Waals surface area contributed by atoms with Crippen LogP contribution in [-0.2, 0) is 19.6 Å². The first-order chi connectivity index (χ1) is 15.9. The number of hydrogen-bond donors (Lipinski definition) is 1. The van der Waals surface area contributed by atoms with Crippen LogP contribution in [0.2, 0.25) is 0 Å². The smallest absolute Gasteiger partial charge is 0.265 e. The molecule has 0 atom stereocenters. The van der Waals surface area contributed by atoms with Crippen molar-refractivity contribution < 1.29 is 27.5 Å². The summed E-state index contributed by atoms with van der Waals surface area (Å²) in [6.45, 7) is 0. The SMILES string of the molecule is COc1ccc(N2C(=O)CCCC2=O)cc1S(=O)(=O)Nc1ccccc1Oc1ccccc1. The van der Waals surface area contributed by atoms with Gasteiger partial charge < -0.3 is 9.47 Å². The molecule has 0 unspecified atom stereocenters. The van der Waals surface area contributed by atoms with Crippen LogP contribution in [-0.4, -0.2) is 27.3 Å². The van der Waals surface area contributed by atoms with E-state index >= 15 is 0 Å². The summed E-state index contributed by atoms with van der Waals surface area (Å²) in [6, 6.07) is 19.8. The number of benzene rings is 3. The summed E-state index contributed by atoms with van der Waals surface area (Å²) in [5.74, 6) is 0.197. The summed E-state index contributed by atoms with van der Waals surface area (Å²) in [6.07, 6.45) is 0.930. The number of ether oxygens (including phenoxy) is 2. The molecule has 0 bridgehead atoms. The van der Waals surface area contributed by atoms with Crippen molar-refractivity contribution in [2.45, 2.75) is 24.2 Å². The summed E-state index contributed by atoms with van der Waals surface area (Å²) in [7, 11) is -2.83. The molecule has 3 aromatic carbocycles. The second-order valence-electron chi connectivity index (χ2n) is 7.33. The van der Waals surface area contributed by atoms with Gasteiger partial charge in [-0.25, -0.2) is 8.42 Å². The molecule has 170 valence electrons. The van der Waals surface area contributed by atoms with Crippen LogP contribution in [0.5, 0.6) is 17.2 Å². The van der Waals surface area contributed by atoms with Gasteiger partial charge in [0.05, 0.1) is 18.5 Å². The fraction of sp³-hybridized carbons (Fsp3) is 0.167. The lowest BCUT2D eigenvalue weighted by Gasteiger charge is -2.25. The third-order valence-corrected chi connectivity index (χ3v) is 6.46. The van der Waals surface area contributed by atoms with Crippen molar-refractivity contribution in [2.75, 3.05) is 16.7 Å². The Hall–Kier alpha value is -3.85. The molecule has 1 saturated heterocycles. The van der Waals surface area contributed by atoms with Crippen molar-refractivity contribution in [3.05, 3.63) is 72.8 Å². The number of rotatable bonds is 7. The molecule has 8 nitrogen and oxygen atoms in total. The molecule has 1 aliphatic rings. The van der Waals surface area contributed by atoms with Crippen molar-refractivity contribution >= 4 is 33.2 Å². The number of carbonyl (C=O) groups is 2. The van der Waals surface area contributed by atoms with Crippen LogP contribution in [0.1, 0.15) is 19.3 Å². The molecular weight excluding hydrogens is 444 g/mol. The fourth-order valence-electron chi connectivity index (χ4n) is 3.51. The van der Waals surface area contributed by atoms with Crippen molar-refractivity contribution in [3.8, 4) is 17.2 Å². The van der Waals surface area contributed by atoms with E-state index in [2.05, 4.69) is 4.72 Å². The number of nitrogens with zero attached hydrogens (tertiary/aromatic N) is 1. The molecule has 1 aliphatic heterocycles. The first kappa shape index (κ1) is 22.3. The van der Waals surface area contributed by atoms with Gasteiger partial charge in [-0.2, -0.15) is 0 Å². The molecule has 9 heteroatoms. The van der Waals surface area contributed by atoms with Crippen molar-refractivity contribution in [1.82, 2.24) is 0 Å². The molecule has 4 rings (SSSR count). The van der Waals surface area contributed by atoms with Gasteiger partial charge in [-0.3, -0.25) is 19.2 Å². The maximum absolute atomic E-state index is 13.3. The standard InChI is InChI=1S/C24H22N2O6S/c1-31-21-15-14-17(26-23(27)12-7-13-24(26)28)16-22(21)33(29,30)25-19-10-5-6-11-20(19)32-18-8-3-2-4-9-18/h2-6,8-11,14-16,25H,7,12-13H2,1H3. The average molecular weight is 467 g/mol. The van der Waals surface area contributed by atoms with Gasteiger partial charge in [0.25, 0.3) is 10.0 Å². The second kappa shape index (κ2) is 9.33. The van der Waals surface area contributed by atoms with E-state index in [-0.39, 0.29) is 46.7 Å². The number of hydrogen-bond acceptors (Lipinski definition) is 6. The molecular formula is C24H22N2O6S. The van der Waals surface area contributed by atoms with Crippen molar-refractivity contribution in [2.24, 2.45) is 0 Å². The van der Waals surface area contributed by atoms with Gasteiger partial charge >= 0.3 is 0 Å². The van der Waals surface area contributed by atoms with E-state index in [0.29, 0.717) is 17.9 Å². The molecule has 1 N–H and O–H groups in total. The molecule has 0 aliphatic carbocycles. The Balaban J connectivity index is 1.69. The molecule has 1 fully saturated rings. The number of carbonyl (C=O) groups excluding carboxylic acids is 2. The zero-order chi connectivity index (χ0) is 23.4. The number of methoxy groups -OCH3 is 1. The zero-order valence-electron chi connectivity index (χ0n) is 17.9. The van der Waals surface area contributed by atoms with Crippen molar-refractivity contribution in [3.63, 3.8) is 0 Å². The highest BCUT2D eigenvalue weighted by Crippen LogP contribution is 2.35. The number of anilines is 2. The topological polar surface area (TPSA) is 102 Å². The van der Waals surface area contributed by atoms with Gasteiger partial charge in [0, 0.05) is 12.8 Å². The van der Waals surface area contributed by atoms with Gasteiger partial charge in [0.1, 0.15) is 16.4 Å². The minimum Gasteiger partial charge on any atom is -0.495 e. The van der Waals surface area contributed by atoms with Crippen molar-refractivity contribution in [1.29, 1.82) is 0 Å². The average Bonchev–Trinajstić information content (AvgIpc) is 2.81. The van der Waals surface area contributed by atoms with Gasteiger partial charge in [0.2, 0.25) is 11.8 Å². The third-order valence-electron chi connectivity index (χ3n) is 5.08. The van der Waals surface area contributed by atoms with E-state index in [1.54, 1.807) is 36.4 Å². The maximum Gasteiger partial charge on any atom is 0.265 e. The molecule has 33 heavy (non-hydrogen) atoms. The van der Waals surface area contributed by atoms with Crippen LogP contribution in [0, 0.1) is 0 Å². The zero-order valence-corrected chi connectivity index (χ0v) is 18.7. The van der Waals surface area contributed by atoms with Gasteiger partial charge in [-0.05, 0) is 48.9 Å². The van der Waals surface area contributed by atoms with Gasteiger partial charge in [-0.15, -0.1) is 0 Å². The number of nitrogens with one attached hydrogen (secondary N) is 1. The lowest BCUT2D eigenvalue weighted by atomic mass is 10.1. The first-order valence-corrected chi connectivity index (χ1v) is 11.8. The number of para-hydroxylation sites is 3. The highest BCUT2D eigenvalue weighted by atomic mass is 32.2. The Morgan fingerprint density at radius 2 is 1.52 bits per heavy atom. The molecule has 1 heterocycles. The predicted octanol–water partition coefficient (Wildman–Crippen LogP) is 4.33. The van der Waals surface area contributed by atoms with E-state index in [1.165, 1.54) is 25.3 Å². The summed E-state index contributed by atoms with van der Waals surface area (Å²) < 4.78 is 40.3. The summed E-state index contributed by atoms with van der Waals surface area (Å²) in [5.41, 5.74) is 0.402. The van der Waals surface area contributed by atoms with Crippen LogP contribution >= 0.6 is 0 Å². The fourth-order valence-corrected chi connectivity index (χ4v) is 4.77. The molecule has 3 aromatic rings. The van der Waals surface area contributed by atoms with Crippen LogP contribution < -0.4 is 19.1 Å². The molecule has 0 spiro atoms. The predicted molar refractivity (Wildman–Crippen MR) is 123 cm³/mol. The number of imide groups is 1. The van der Waals surface area contributed by atoms with E-state index < -0.39 is 10.0 Å². The number of sulfonamides is 1. The maximum atomic E-state index is 13.3. The largest absolute Gasteiger partial charge is 0.495 e. The van der Waals surface area contributed by atoms with E-state index in [4.69, 9.17) is 9.47 Å². The normalized spacial score (nSPS) is 14.2. The minimum absolute atomic E-state index is 0.0737. The Labute approximate surface area is 191 Å². The summed E-state index contributed by atoms with van der Waals surface area (Å²) in [5, 5.41) is 0. The number of piperidine rings is 1. The molecule has 0 saturated carbocycles.